The first-order valence-electron chi connectivity index (χ1n) is 12.1. The summed E-state index contributed by atoms with van der Waals surface area (Å²) >= 11 is 0. The van der Waals surface area contributed by atoms with Crippen molar-refractivity contribution in [3.05, 3.63) is 23.5 Å². The number of aryl methyl sites for hydroxylation is 1. The van der Waals surface area contributed by atoms with Crippen LogP contribution in [0.4, 0.5) is 10.5 Å². The number of amides is 1. The fourth-order valence-corrected chi connectivity index (χ4v) is 5.38. The number of ketones is 1. The van der Waals surface area contributed by atoms with E-state index in [2.05, 4.69) is 58.0 Å². The van der Waals surface area contributed by atoms with E-state index in [4.69, 9.17) is 4.74 Å². The number of anilines is 1. The molecule has 0 bridgehead atoms. The zero-order valence-electron chi connectivity index (χ0n) is 20.5. The maximum absolute atomic E-state index is 13.4. The minimum atomic E-state index is -0.481. The minimum Gasteiger partial charge on any atom is -0.453 e. The van der Waals surface area contributed by atoms with Gasteiger partial charge in [-0.05, 0) is 63.8 Å². The highest BCUT2D eigenvalue weighted by molar-refractivity contribution is 6.00. The molecule has 1 aliphatic carbocycles. The van der Waals surface area contributed by atoms with Crippen LogP contribution in [-0.2, 0) is 4.74 Å². The normalized spacial score (nSPS) is 26.4. The molecule has 1 aliphatic heterocycles. The number of nitrogens with one attached hydrogen (secondary N) is 2. The quantitative estimate of drug-likeness (QED) is 0.665. The van der Waals surface area contributed by atoms with Gasteiger partial charge in [0.25, 0.3) is 0 Å². The second-order valence-electron chi connectivity index (χ2n) is 9.98. The summed E-state index contributed by atoms with van der Waals surface area (Å²) in [6.45, 7) is 12.8. The van der Waals surface area contributed by atoms with Crippen molar-refractivity contribution in [2.75, 3.05) is 38.2 Å². The van der Waals surface area contributed by atoms with Crippen LogP contribution in [0.3, 0.4) is 0 Å². The van der Waals surface area contributed by atoms with Crippen LogP contribution in [0.5, 0.6) is 0 Å². The number of nitrogens with zero attached hydrogens (tertiary/aromatic N) is 3. The Morgan fingerprint density at radius 3 is 2.64 bits per heavy atom. The van der Waals surface area contributed by atoms with Crippen LogP contribution >= 0.6 is 0 Å². The van der Waals surface area contributed by atoms with Gasteiger partial charge in [-0.3, -0.25) is 9.69 Å². The molecule has 1 saturated carbocycles. The van der Waals surface area contributed by atoms with E-state index in [1.54, 1.807) is 0 Å². The number of carbonyl (C=O) groups excluding carboxylic acids is 2. The van der Waals surface area contributed by atoms with Crippen LogP contribution in [0, 0.1) is 12.3 Å². The topological polar surface area (TPSA) is 90.6 Å². The van der Waals surface area contributed by atoms with Gasteiger partial charge in [0.05, 0.1) is 18.1 Å². The molecule has 33 heavy (non-hydrogen) atoms. The van der Waals surface area contributed by atoms with E-state index in [-0.39, 0.29) is 11.8 Å². The number of likely N-dealkylation sites (N-methyl/N-ethyl adjacent to an activating group) is 1. The Kier molecular flexibility index (Phi) is 6.66. The number of ether oxygens (including phenoxy) is 1. The Labute approximate surface area is 196 Å². The van der Waals surface area contributed by atoms with E-state index >= 15 is 0 Å². The lowest BCUT2D eigenvalue weighted by atomic mass is 9.71. The molecule has 2 heterocycles. The Morgan fingerprint density at radius 2 is 2.00 bits per heavy atom. The van der Waals surface area contributed by atoms with Gasteiger partial charge in [-0.25, -0.2) is 9.78 Å². The largest absolute Gasteiger partial charge is 0.453 e. The molecule has 1 saturated heterocycles. The molecule has 0 spiro atoms. The summed E-state index contributed by atoms with van der Waals surface area (Å²) in [6.07, 6.45) is 2.51. The molecule has 1 amide bonds. The molecule has 0 unspecified atom stereocenters. The molecule has 180 valence electrons. The number of aromatic amines is 1. The van der Waals surface area contributed by atoms with Gasteiger partial charge in [-0.15, -0.1) is 0 Å². The van der Waals surface area contributed by atoms with E-state index < -0.39 is 11.5 Å². The second kappa shape index (κ2) is 9.33. The third kappa shape index (κ3) is 4.71. The molecule has 1 aromatic carbocycles. The summed E-state index contributed by atoms with van der Waals surface area (Å²) in [7, 11) is 1.37. The van der Waals surface area contributed by atoms with Crippen molar-refractivity contribution < 1.29 is 14.3 Å². The van der Waals surface area contributed by atoms with Gasteiger partial charge in [0, 0.05) is 42.8 Å². The number of carbonyl (C=O) groups is 2. The molecular weight excluding hydrogens is 418 g/mol. The van der Waals surface area contributed by atoms with Crippen molar-refractivity contribution in [1.29, 1.82) is 0 Å². The van der Waals surface area contributed by atoms with Gasteiger partial charge in [-0.2, -0.15) is 0 Å². The number of hydrogen-bond acceptors (Lipinski definition) is 6. The zero-order valence-corrected chi connectivity index (χ0v) is 20.5. The maximum Gasteiger partial charge on any atom is 0.407 e. The van der Waals surface area contributed by atoms with Crippen LogP contribution in [0.15, 0.2) is 12.1 Å². The summed E-state index contributed by atoms with van der Waals surface area (Å²) in [5.74, 6) is 0.492. The van der Waals surface area contributed by atoms with Gasteiger partial charge < -0.3 is 19.9 Å². The van der Waals surface area contributed by atoms with Crippen molar-refractivity contribution in [2.45, 2.75) is 65.5 Å². The van der Waals surface area contributed by atoms with E-state index in [0.717, 1.165) is 50.1 Å². The van der Waals surface area contributed by atoms with Crippen LogP contribution in [0.25, 0.3) is 11.0 Å². The first kappa shape index (κ1) is 23.5. The second-order valence-corrected chi connectivity index (χ2v) is 9.98. The number of piperazine rings is 1. The molecule has 2 aliphatic rings. The number of fused-ring (bicyclic) bond motifs is 1. The van der Waals surface area contributed by atoms with Crippen molar-refractivity contribution in [1.82, 2.24) is 20.2 Å². The number of Topliss-reactive ketones (excluding diaryl/α,β-unsaturated/α-hetero) is 1. The smallest absolute Gasteiger partial charge is 0.407 e. The van der Waals surface area contributed by atoms with Crippen LogP contribution in [0.2, 0.25) is 0 Å². The molecule has 1 atom stereocenters. The highest BCUT2D eigenvalue weighted by atomic mass is 16.5. The fourth-order valence-electron chi connectivity index (χ4n) is 5.38. The molecular formula is C25H37N5O3. The van der Waals surface area contributed by atoms with Crippen LogP contribution < -0.4 is 10.2 Å². The number of H-pyrrole nitrogens is 1. The number of hydrogen-bond donors (Lipinski definition) is 2. The minimum absolute atomic E-state index is 0.0503. The SMILES string of the molecule is CCN1CCN(c2cc3[nH]c(C(=O)C4(C)CCC(NC(=O)OC)CC4)nc3cc2C)[C@@H](C)C1. The third-order valence-electron chi connectivity index (χ3n) is 7.63. The van der Waals surface area contributed by atoms with Gasteiger partial charge in [0.2, 0.25) is 5.78 Å². The first-order valence-corrected chi connectivity index (χ1v) is 12.1. The average molecular weight is 456 g/mol. The van der Waals surface area contributed by atoms with Gasteiger partial charge in [0.15, 0.2) is 5.82 Å². The number of methoxy groups -OCH3 is 1. The number of rotatable bonds is 5. The van der Waals surface area contributed by atoms with Gasteiger partial charge >= 0.3 is 6.09 Å². The number of alkyl carbamates (subject to hydrolysis) is 1. The Balaban J connectivity index is 1.51. The highest BCUT2D eigenvalue weighted by Gasteiger charge is 2.39. The predicted molar refractivity (Wildman–Crippen MR) is 130 cm³/mol. The van der Waals surface area contributed by atoms with E-state index in [1.165, 1.54) is 18.4 Å². The zero-order chi connectivity index (χ0) is 23.8. The highest BCUT2D eigenvalue weighted by Crippen LogP contribution is 2.39. The molecule has 8 heteroatoms. The van der Waals surface area contributed by atoms with Crippen molar-refractivity contribution in [3.8, 4) is 0 Å². The Bertz CT molecular complexity index is 1020. The summed E-state index contributed by atoms with van der Waals surface area (Å²) in [5, 5.41) is 2.86. The monoisotopic (exact) mass is 455 g/mol. The maximum atomic E-state index is 13.4. The average Bonchev–Trinajstić information content (AvgIpc) is 3.22. The molecule has 2 N–H and O–H groups in total. The summed E-state index contributed by atoms with van der Waals surface area (Å²) in [5.41, 5.74) is 3.67. The Morgan fingerprint density at radius 1 is 1.27 bits per heavy atom. The molecule has 2 aromatic rings. The predicted octanol–water partition coefficient (Wildman–Crippen LogP) is 3.89. The van der Waals surface area contributed by atoms with Crippen LogP contribution in [-0.4, -0.2) is 72.1 Å². The van der Waals surface area contributed by atoms with Gasteiger partial charge in [-0.1, -0.05) is 13.8 Å². The van der Waals surface area contributed by atoms with E-state index in [1.807, 2.05) is 6.92 Å². The molecule has 8 nitrogen and oxygen atoms in total. The lowest BCUT2D eigenvalue weighted by Crippen LogP contribution is -2.52. The van der Waals surface area contributed by atoms with Crippen molar-refractivity contribution in [3.63, 3.8) is 0 Å². The third-order valence-corrected chi connectivity index (χ3v) is 7.63. The van der Waals surface area contributed by atoms with E-state index in [9.17, 15) is 9.59 Å². The Hall–Kier alpha value is -2.61. The number of aromatic nitrogens is 2. The first-order chi connectivity index (χ1) is 15.7. The summed E-state index contributed by atoms with van der Waals surface area (Å²) in [4.78, 5) is 37.9. The van der Waals surface area contributed by atoms with E-state index in [0.29, 0.717) is 24.7 Å². The number of imidazole rings is 1. The van der Waals surface area contributed by atoms with Crippen molar-refractivity contribution >= 4 is 28.6 Å². The van der Waals surface area contributed by atoms with Crippen LogP contribution in [0.1, 0.15) is 62.6 Å². The fraction of sp³-hybridized carbons (Fsp3) is 0.640. The summed E-state index contributed by atoms with van der Waals surface area (Å²) in [6, 6.07) is 4.74. The van der Waals surface area contributed by atoms with Crippen molar-refractivity contribution in [2.24, 2.45) is 5.41 Å². The molecule has 0 radical (unpaired) electrons. The standard InChI is InChI=1S/C25H37N5O3/c1-6-29-11-12-30(17(3)15-29)21-14-20-19(13-16(21)2)27-23(28-20)22(31)25(4)9-7-18(8-10-25)26-24(32)33-5/h13-14,17-18H,6-12,15H2,1-5H3,(H,26,32)(H,27,28)/t17-,18?,25?/m0/s1. The molecule has 4 rings (SSSR count). The summed E-state index contributed by atoms with van der Waals surface area (Å²) < 4.78 is 4.70. The molecule has 1 aromatic heterocycles. The number of benzene rings is 1. The molecule has 2 fully saturated rings. The lowest BCUT2D eigenvalue weighted by Gasteiger charge is -2.41. The van der Waals surface area contributed by atoms with Gasteiger partial charge in [0.1, 0.15) is 0 Å². The lowest BCUT2D eigenvalue weighted by molar-refractivity contribution is 0.0715.